The molecule has 2 rings (SSSR count). The third-order valence-corrected chi connectivity index (χ3v) is 5.53. The van der Waals surface area contributed by atoms with Crippen LogP contribution in [-0.4, -0.2) is 25.6 Å². The molecule has 6 heteroatoms. The highest BCUT2D eigenvalue weighted by Crippen LogP contribution is 2.33. The molecular weight excluding hydrogens is 286 g/mol. The van der Waals surface area contributed by atoms with Gasteiger partial charge in [-0.05, 0) is 52.1 Å². The Balaban J connectivity index is 2.21. The summed E-state index contributed by atoms with van der Waals surface area (Å²) in [6.07, 6.45) is 4.00. The number of aromatic nitrogens is 1. The van der Waals surface area contributed by atoms with Crippen molar-refractivity contribution in [3.05, 3.63) is 18.0 Å². The predicted octanol–water partition coefficient (Wildman–Crippen LogP) is 2.26. The molecule has 1 fully saturated rings. The van der Waals surface area contributed by atoms with Crippen LogP contribution < -0.4 is 10.0 Å². The SMILES string of the molecule is CCNCc1cc(S(=O)(=O)NC(C)C2CC2)cn1C(C)C. The zero-order valence-electron chi connectivity index (χ0n) is 13.4. The van der Waals surface area contributed by atoms with Gasteiger partial charge in [-0.25, -0.2) is 13.1 Å². The van der Waals surface area contributed by atoms with E-state index in [9.17, 15) is 8.42 Å². The summed E-state index contributed by atoms with van der Waals surface area (Å²) in [5, 5.41) is 3.26. The molecule has 1 heterocycles. The second-order valence-electron chi connectivity index (χ2n) is 6.20. The molecule has 0 aromatic carbocycles. The largest absolute Gasteiger partial charge is 0.346 e. The third kappa shape index (κ3) is 4.08. The van der Waals surface area contributed by atoms with Crippen molar-refractivity contribution < 1.29 is 8.42 Å². The van der Waals surface area contributed by atoms with Gasteiger partial charge in [-0.15, -0.1) is 0 Å². The number of nitrogens with one attached hydrogen (secondary N) is 2. The van der Waals surface area contributed by atoms with Gasteiger partial charge >= 0.3 is 0 Å². The standard InChI is InChI=1S/C15H27N3O2S/c1-5-16-9-14-8-15(10-18(14)11(2)3)21(19,20)17-12(4)13-6-7-13/h8,10-13,16-17H,5-7,9H2,1-4H3. The van der Waals surface area contributed by atoms with Crippen LogP contribution >= 0.6 is 0 Å². The molecule has 0 amide bonds. The number of hydrogen-bond acceptors (Lipinski definition) is 3. The van der Waals surface area contributed by atoms with Gasteiger partial charge < -0.3 is 9.88 Å². The van der Waals surface area contributed by atoms with Crippen LogP contribution in [0.25, 0.3) is 0 Å². The van der Waals surface area contributed by atoms with Crippen molar-refractivity contribution in [3.8, 4) is 0 Å². The molecule has 1 aliphatic rings. The fourth-order valence-corrected chi connectivity index (χ4v) is 3.89. The first-order valence-electron chi connectivity index (χ1n) is 7.79. The summed E-state index contributed by atoms with van der Waals surface area (Å²) in [6.45, 7) is 9.66. The molecule has 1 aromatic heterocycles. The van der Waals surface area contributed by atoms with Gasteiger partial charge in [0.15, 0.2) is 0 Å². The third-order valence-electron chi connectivity index (χ3n) is 4.00. The van der Waals surface area contributed by atoms with Crippen molar-refractivity contribution in [2.24, 2.45) is 5.92 Å². The average Bonchev–Trinajstić information content (AvgIpc) is 3.15. The monoisotopic (exact) mass is 313 g/mol. The predicted molar refractivity (Wildman–Crippen MR) is 84.7 cm³/mol. The fourth-order valence-electron chi connectivity index (χ4n) is 2.52. The van der Waals surface area contributed by atoms with Gasteiger partial charge in [0.2, 0.25) is 10.0 Å². The van der Waals surface area contributed by atoms with Crippen LogP contribution in [0.15, 0.2) is 17.2 Å². The zero-order valence-corrected chi connectivity index (χ0v) is 14.2. The summed E-state index contributed by atoms with van der Waals surface area (Å²) in [6, 6.07) is 2.04. The molecule has 1 aliphatic carbocycles. The second kappa shape index (κ2) is 6.50. The van der Waals surface area contributed by atoms with Gasteiger partial charge in [-0.1, -0.05) is 6.92 Å². The Bertz CT molecular complexity index is 574. The zero-order chi connectivity index (χ0) is 15.6. The molecule has 120 valence electrons. The van der Waals surface area contributed by atoms with E-state index in [-0.39, 0.29) is 12.1 Å². The van der Waals surface area contributed by atoms with Gasteiger partial charge in [0, 0.05) is 30.5 Å². The molecule has 21 heavy (non-hydrogen) atoms. The Morgan fingerprint density at radius 2 is 2.00 bits per heavy atom. The maximum atomic E-state index is 12.5. The van der Waals surface area contributed by atoms with Gasteiger partial charge in [0.1, 0.15) is 0 Å². The first-order chi connectivity index (χ1) is 9.85. The highest BCUT2D eigenvalue weighted by molar-refractivity contribution is 7.89. The van der Waals surface area contributed by atoms with E-state index in [1.54, 1.807) is 12.3 Å². The van der Waals surface area contributed by atoms with E-state index in [0.29, 0.717) is 17.4 Å². The molecule has 5 nitrogen and oxygen atoms in total. The van der Waals surface area contributed by atoms with E-state index in [1.165, 1.54) is 0 Å². The lowest BCUT2D eigenvalue weighted by Crippen LogP contribution is -2.33. The van der Waals surface area contributed by atoms with E-state index >= 15 is 0 Å². The van der Waals surface area contributed by atoms with Gasteiger partial charge in [-0.3, -0.25) is 0 Å². The number of rotatable bonds is 8. The van der Waals surface area contributed by atoms with Crippen molar-refractivity contribution in [1.82, 2.24) is 14.6 Å². The van der Waals surface area contributed by atoms with Crippen LogP contribution in [0.2, 0.25) is 0 Å². The summed E-state index contributed by atoms with van der Waals surface area (Å²) < 4.78 is 29.8. The van der Waals surface area contributed by atoms with Crippen LogP contribution in [-0.2, 0) is 16.6 Å². The van der Waals surface area contributed by atoms with E-state index in [2.05, 4.69) is 23.9 Å². The minimum atomic E-state index is -3.42. The van der Waals surface area contributed by atoms with Gasteiger partial charge in [-0.2, -0.15) is 0 Å². The second-order valence-corrected chi connectivity index (χ2v) is 7.91. The van der Waals surface area contributed by atoms with Crippen LogP contribution in [0.3, 0.4) is 0 Å². The molecule has 2 N–H and O–H groups in total. The topological polar surface area (TPSA) is 63.1 Å². The summed E-state index contributed by atoms with van der Waals surface area (Å²) in [5.74, 6) is 0.508. The summed E-state index contributed by atoms with van der Waals surface area (Å²) in [5.41, 5.74) is 1.01. The van der Waals surface area contributed by atoms with Gasteiger partial charge in [0.25, 0.3) is 0 Å². The Morgan fingerprint density at radius 1 is 1.33 bits per heavy atom. The Labute approximate surface area is 128 Å². The quantitative estimate of drug-likeness (QED) is 0.774. The lowest BCUT2D eigenvalue weighted by Gasteiger charge is -2.13. The Morgan fingerprint density at radius 3 is 2.52 bits per heavy atom. The minimum absolute atomic E-state index is 0.0228. The molecule has 1 unspecified atom stereocenters. The summed E-state index contributed by atoms with van der Waals surface area (Å²) in [4.78, 5) is 0.372. The van der Waals surface area contributed by atoms with Gasteiger partial charge in [0.05, 0.1) is 4.90 Å². The molecule has 0 radical (unpaired) electrons. The number of sulfonamides is 1. The smallest absolute Gasteiger partial charge is 0.242 e. The highest BCUT2D eigenvalue weighted by atomic mass is 32.2. The van der Waals surface area contributed by atoms with E-state index in [4.69, 9.17) is 0 Å². The lowest BCUT2D eigenvalue weighted by molar-refractivity contribution is 0.536. The van der Waals surface area contributed by atoms with Crippen LogP contribution in [0, 0.1) is 5.92 Å². The normalized spacial score (nSPS) is 17.4. The van der Waals surface area contributed by atoms with Crippen LogP contribution in [0.1, 0.15) is 52.3 Å². The van der Waals surface area contributed by atoms with E-state index < -0.39 is 10.0 Å². The van der Waals surface area contributed by atoms with Crippen molar-refractivity contribution >= 4 is 10.0 Å². The van der Waals surface area contributed by atoms with E-state index in [0.717, 1.165) is 25.1 Å². The average molecular weight is 313 g/mol. The molecule has 1 atom stereocenters. The molecule has 1 aromatic rings. The molecule has 0 saturated heterocycles. The number of hydrogen-bond donors (Lipinski definition) is 2. The van der Waals surface area contributed by atoms with Crippen molar-refractivity contribution in [2.45, 2.75) is 64.1 Å². The molecule has 0 spiro atoms. The lowest BCUT2D eigenvalue weighted by atomic mass is 10.2. The maximum absolute atomic E-state index is 12.5. The molecule has 0 aliphatic heterocycles. The first-order valence-corrected chi connectivity index (χ1v) is 9.27. The fraction of sp³-hybridized carbons (Fsp3) is 0.733. The maximum Gasteiger partial charge on any atom is 0.242 e. The molecule has 1 saturated carbocycles. The summed E-state index contributed by atoms with van der Waals surface area (Å²) >= 11 is 0. The summed E-state index contributed by atoms with van der Waals surface area (Å²) in [7, 11) is -3.42. The van der Waals surface area contributed by atoms with Crippen LogP contribution in [0.5, 0.6) is 0 Å². The highest BCUT2D eigenvalue weighted by Gasteiger charge is 2.31. The first kappa shape index (κ1) is 16.5. The Hall–Kier alpha value is -0.850. The van der Waals surface area contributed by atoms with Crippen molar-refractivity contribution in [1.29, 1.82) is 0 Å². The van der Waals surface area contributed by atoms with E-state index in [1.807, 2.05) is 18.4 Å². The van der Waals surface area contributed by atoms with Crippen LogP contribution in [0.4, 0.5) is 0 Å². The molecular formula is C15H27N3O2S. The Kier molecular flexibility index (Phi) is 5.11. The number of nitrogens with zero attached hydrogens (tertiary/aromatic N) is 1. The molecule has 0 bridgehead atoms. The van der Waals surface area contributed by atoms with Crippen molar-refractivity contribution in [2.75, 3.05) is 6.54 Å². The van der Waals surface area contributed by atoms with Crippen molar-refractivity contribution in [3.63, 3.8) is 0 Å². The minimum Gasteiger partial charge on any atom is -0.346 e.